The summed E-state index contributed by atoms with van der Waals surface area (Å²) in [7, 11) is 0. The van der Waals surface area contributed by atoms with Crippen molar-refractivity contribution in [2.45, 2.75) is 26.3 Å². The van der Waals surface area contributed by atoms with Gasteiger partial charge in [-0.05, 0) is 30.2 Å². The zero-order chi connectivity index (χ0) is 14.2. The first kappa shape index (κ1) is 14.0. The molecule has 5 heteroatoms. The van der Waals surface area contributed by atoms with Gasteiger partial charge in [-0.1, -0.05) is 13.0 Å². The molecule has 0 aliphatic heterocycles. The van der Waals surface area contributed by atoms with Crippen LogP contribution < -0.4 is 10.6 Å². The second-order valence-corrected chi connectivity index (χ2v) is 4.45. The van der Waals surface area contributed by atoms with Gasteiger partial charge in [-0.15, -0.1) is 0 Å². The van der Waals surface area contributed by atoms with Crippen LogP contribution in [-0.2, 0) is 11.3 Å². The van der Waals surface area contributed by atoms with Gasteiger partial charge in [0.2, 0.25) is 5.91 Å². The molecule has 20 heavy (non-hydrogen) atoms. The Balaban J connectivity index is 1.87. The lowest BCUT2D eigenvalue weighted by Crippen LogP contribution is -2.11. The normalized spacial score (nSPS) is 10.1. The van der Waals surface area contributed by atoms with E-state index in [1.54, 1.807) is 18.5 Å². The fraction of sp³-hybridized carbons (Fsp3) is 0.267. The lowest BCUT2D eigenvalue weighted by atomic mass is 10.3. The summed E-state index contributed by atoms with van der Waals surface area (Å²) in [6, 6.07) is 7.60. The van der Waals surface area contributed by atoms with Crippen LogP contribution in [0.2, 0.25) is 0 Å². The predicted molar refractivity (Wildman–Crippen MR) is 79.3 cm³/mol. The Morgan fingerprint density at radius 2 is 2.15 bits per heavy atom. The van der Waals surface area contributed by atoms with Gasteiger partial charge in [-0.3, -0.25) is 9.78 Å². The van der Waals surface area contributed by atoms with E-state index in [-0.39, 0.29) is 5.91 Å². The molecule has 2 aromatic heterocycles. The smallest absolute Gasteiger partial charge is 0.225 e. The van der Waals surface area contributed by atoms with Crippen molar-refractivity contribution < 1.29 is 4.79 Å². The fourth-order valence-corrected chi connectivity index (χ4v) is 1.71. The molecule has 2 rings (SSSR count). The molecule has 0 saturated heterocycles. The molecule has 0 unspecified atom stereocenters. The Hall–Kier alpha value is -2.43. The van der Waals surface area contributed by atoms with Crippen LogP contribution in [0.15, 0.2) is 42.9 Å². The van der Waals surface area contributed by atoms with Crippen molar-refractivity contribution in [1.82, 2.24) is 9.97 Å². The van der Waals surface area contributed by atoms with Gasteiger partial charge >= 0.3 is 0 Å². The molecule has 0 spiro atoms. The van der Waals surface area contributed by atoms with Crippen LogP contribution in [0.25, 0.3) is 0 Å². The highest BCUT2D eigenvalue weighted by Gasteiger charge is 2.01. The second-order valence-electron chi connectivity index (χ2n) is 4.45. The monoisotopic (exact) mass is 270 g/mol. The molecule has 0 atom stereocenters. The van der Waals surface area contributed by atoms with E-state index in [9.17, 15) is 4.79 Å². The number of nitrogens with zero attached hydrogens (tertiary/aromatic N) is 2. The van der Waals surface area contributed by atoms with Crippen LogP contribution in [0.4, 0.5) is 11.5 Å². The number of carbonyl (C=O) groups excluding carboxylic acids is 1. The van der Waals surface area contributed by atoms with Gasteiger partial charge in [0.25, 0.3) is 0 Å². The highest BCUT2D eigenvalue weighted by Crippen LogP contribution is 2.11. The molecule has 2 N–H and O–H groups in total. The van der Waals surface area contributed by atoms with Crippen molar-refractivity contribution in [3.63, 3.8) is 0 Å². The van der Waals surface area contributed by atoms with E-state index in [0.29, 0.717) is 18.8 Å². The maximum atomic E-state index is 11.4. The van der Waals surface area contributed by atoms with E-state index in [1.165, 1.54) is 0 Å². The van der Waals surface area contributed by atoms with Crippen molar-refractivity contribution >= 4 is 17.4 Å². The Morgan fingerprint density at radius 3 is 2.80 bits per heavy atom. The van der Waals surface area contributed by atoms with Gasteiger partial charge in [-0.25, -0.2) is 4.98 Å². The molecule has 0 fully saturated rings. The number of hydrogen-bond donors (Lipinski definition) is 2. The summed E-state index contributed by atoms with van der Waals surface area (Å²) in [5.74, 6) is 0.575. The molecule has 104 valence electrons. The van der Waals surface area contributed by atoms with E-state index < -0.39 is 0 Å². The van der Waals surface area contributed by atoms with E-state index in [1.807, 2.05) is 31.3 Å². The minimum Gasteiger partial charge on any atom is -0.380 e. The van der Waals surface area contributed by atoms with Crippen LogP contribution >= 0.6 is 0 Å². The topological polar surface area (TPSA) is 66.9 Å². The zero-order valence-corrected chi connectivity index (χ0v) is 11.5. The van der Waals surface area contributed by atoms with Gasteiger partial charge in [0.1, 0.15) is 5.82 Å². The van der Waals surface area contributed by atoms with Crippen molar-refractivity contribution in [2.75, 3.05) is 10.6 Å². The third kappa shape index (κ3) is 4.35. The lowest BCUT2D eigenvalue weighted by molar-refractivity contribution is -0.116. The molecule has 0 radical (unpaired) electrons. The van der Waals surface area contributed by atoms with Crippen LogP contribution in [0, 0.1) is 0 Å². The minimum absolute atomic E-state index is 0.00364. The van der Waals surface area contributed by atoms with Crippen molar-refractivity contribution in [1.29, 1.82) is 0 Å². The summed E-state index contributed by atoms with van der Waals surface area (Å²) >= 11 is 0. The van der Waals surface area contributed by atoms with E-state index in [4.69, 9.17) is 0 Å². The molecule has 1 amide bonds. The molecule has 5 nitrogen and oxygen atoms in total. The Kier molecular flexibility index (Phi) is 5.06. The van der Waals surface area contributed by atoms with E-state index in [0.717, 1.165) is 17.7 Å². The van der Waals surface area contributed by atoms with Crippen molar-refractivity contribution in [3.8, 4) is 0 Å². The third-order valence-electron chi connectivity index (χ3n) is 2.73. The molecule has 0 saturated carbocycles. The van der Waals surface area contributed by atoms with E-state index in [2.05, 4.69) is 20.6 Å². The molecule has 0 aliphatic carbocycles. The summed E-state index contributed by atoms with van der Waals surface area (Å²) in [5, 5.41) is 6.01. The van der Waals surface area contributed by atoms with Gasteiger partial charge in [0, 0.05) is 25.4 Å². The summed E-state index contributed by atoms with van der Waals surface area (Å²) in [6.07, 6.45) is 6.62. The first-order chi connectivity index (χ1) is 9.78. The van der Waals surface area contributed by atoms with Crippen LogP contribution in [0.1, 0.15) is 25.3 Å². The number of nitrogens with one attached hydrogen (secondary N) is 2. The lowest BCUT2D eigenvalue weighted by Gasteiger charge is -2.07. The predicted octanol–water partition coefficient (Wildman–Crippen LogP) is 2.83. The highest BCUT2D eigenvalue weighted by atomic mass is 16.1. The molecule has 0 aromatic carbocycles. The molecule has 2 aromatic rings. The minimum atomic E-state index is -0.00364. The number of pyridine rings is 2. The summed E-state index contributed by atoms with van der Waals surface area (Å²) < 4.78 is 0. The molecule has 0 bridgehead atoms. The maximum absolute atomic E-state index is 11.4. The first-order valence-electron chi connectivity index (χ1n) is 6.66. The Labute approximate surface area is 118 Å². The molecule has 0 aliphatic rings. The number of amides is 1. The quantitative estimate of drug-likeness (QED) is 0.847. The second kappa shape index (κ2) is 7.23. The zero-order valence-electron chi connectivity index (χ0n) is 11.5. The van der Waals surface area contributed by atoms with Gasteiger partial charge in [0.15, 0.2) is 0 Å². The number of carbonyl (C=O) groups is 1. The largest absolute Gasteiger partial charge is 0.380 e. The highest BCUT2D eigenvalue weighted by molar-refractivity contribution is 5.89. The van der Waals surface area contributed by atoms with Gasteiger partial charge in [-0.2, -0.15) is 0 Å². The summed E-state index contributed by atoms with van der Waals surface area (Å²) in [4.78, 5) is 19.7. The number of anilines is 2. The van der Waals surface area contributed by atoms with E-state index >= 15 is 0 Å². The Bertz CT molecular complexity index is 540. The average molecular weight is 270 g/mol. The maximum Gasteiger partial charge on any atom is 0.225 e. The van der Waals surface area contributed by atoms with Crippen molar-refractivity contribution in [3.05, 3.63) is 48.4 Å². The fourth-order valence-electron chi connectivity index (χ4n) is 1.71. The summed E-state index contributed by atoms with van der Waals surface area (Å²) in [6.45, 7) is 2.66. The van der Waals surface area contributed by atoms with Crippen LogP contribution in [-0.4, -0.2) is 15.9 Å². The number of rotatable bonds is 6. The number of aromatic nitrogens is 2. The van der Waals surface area contributed by atoms with Crippen molar-refractivity contribution in [2.24, 2.45) is 0 Å². The summed E-state index contributed by atoms with van der Waals surface area (Å²) in [5.41, 5.74) is 2.01. The molecule has 2 heterocycles. The van der Waals surface area contributed by atoms with Crippen LogP contribution in [0.5, 0.6) is 0 Å². The number of hydrogen-bond acceptors (Lipinski definition) is 4. The van der Waals surface area contributed by atoms with Gasteiger partial charge in [0.05, 0.1) is 11.9 Å². The SMILES string of the molecule is CCCC(=O)Nc1ccc(NCc2cccnc2)cn1. The first-order valence-corrected chi connectivity index (χ1v) is 6.66. The van der Waals surface area contributed by atoms with Crippen LogP contribution in [0.3, 0.4) is 0 Å². The average Bonchev–Trinajstić information content (AvgIpc) is 2.48. The van der Waals surface area contributed by atoms with Gasteiger partial charge < -0.3 is 10.6 Å². The molecular formula is C15H18N4O. The standard InChI is InChI=1S/C15H18N4O/c1-2-4-15(20)19-14-7-6-13(11-18-14)17-10-12-5-3-8-16-9-12/h3,5-9,11,17H,2,4,10H2,1H3,(H,18,19,20). The Morgan fingerprint density at radius 1 is 1.25 bits per heavy atom. The molecular weight excluding hydrogens is 252 g/mol. The third-order valence-corrected chi connectivity index (χ3v) is 2.73.